The van der Waals surface area contributed by atoms with Crippen molar-refractivity contribution >= 4 is 17.4 Å². The Hall–Kier alpha value is -1.86. The number of rotatable bonds is 4. The van der Waals surface area contributed by atoms with E-state index < -0.39 is 0 Å². The molecule has 2 saturated heterocycles. The van der Waals surface area contributed by atoms with E-state index in [0.717, 1.165) is 24.2 Å². The lowest BCUT2D eigenvalue weighted by molar-refractivity contribution is -0.132. The molecule has 0 N–H and O–H groups in total. The van der Waals surface area contributed by atoms with Crippen LogP contribution in [0.15, 0.2) is 29.6 Å². The summed E-state index contributed by atoms with van der Waals surface area (Å²) in [7, 11) is 0. The lowest BCUT2D eigenvalue weighted by atomic mass is 9.87. The average molecular weight is 403 g/mol. The summed E-state index contributed by atoms with van der Waals surface area (Å²) in [5.41, 5.74) is 1.98. The van der Waals surface area contributed by atoms with Crippen LogP contribution in [-0.2, 0) is 4.79 Å². The Labute approximate surface area is 169 Å². The number of benzene rings is 1. The van der Waals surface area contributed by atoms with E-state index in [1.807, 2.05) is 22.4 Å². The minimum absolute atomic E-state index is 0.103. The Kier molecular flexibility index (Phi) is 5.73. The summed E-state index contributed by atoms with van der Waals surface area (Å²) >= 11 is 1.33. The van der Waals surface area contributed by atoms with Crippen molar-refractivity contribution in [3.05, 3.63) is 46.7 Å². The van der Waals surface area contributed by atoms with E-state index in [1.165, 1.54) is 30.1 Å². The van der Waals surface area contributed by atoms with E-state index in [-0.39, 0.29) is 23.6 Å². The van der Waals surface area contributed by atoms with Gasteiger partial charge in [0.05, 0.1) is 12.2 Å². The van der Waals surface area contributed by atoms with Crippen molar-refractivity contribution in [1.29, 1.82) is 0 Å². The van der Waals surface area contributed by atoms with Crippen LogP contribution in [-0.4, -0.2) is 57.5 Å². The van der Waals surface area contributed by atoms with Gasteiger partial charge in [0, 0.05) is 36.3 Å². The quantitative estimate of drug-likeness (QED) is 0.785. The van der Waals surface area contributed by atoms with Crippen LogP contribution in [0.5, 0.6) is 0 Å². The number of nitrogens with zero attached hydrogens (tertiary/aromatic N) is 4. The zero-order valence-corrected chi connectivity index (χ0v) is 17.2. The summed E-state index contributed by atoms with van der Waals surface area (Å²) in [4.78, 5) is 17.4. The summed E-state index contributed by atoms with van der Waals surface area (Å²) < 4.78 is 17.4. The van der Waals surface area contributed by atoms with Crippen LogP contribution in [0.3, 0.4) is 0 Å². The number of hydrogen-bond donors (Lipinski definition) is 0. The van der Waals surface area contributed by atoms with E-state index in [1.54, 1.807) is 0 Å². The van der Waals surface area contributed by atoms with Gasteiger partial charge in [-0.3, -0.25) is 9.69 Å². The molecule has 4 atom stereocenters. The second kappa shape index (κ2) is 8.25. The molecule has 1 aromatic carbocycles. The predicted octanol–water partition coefficient (Wildman–Crippen LogP) is 3.51. The van der Waals surface area contributed by atoms with Crippen LogP contribution in [0, 0.1) is 11.7 Å². The van der Waals surface area contributed by atoms with Gasteiger partial charge in [-0.05, 0) is 61.5 Å². The Morgan fingerprint density at radius 3 is 2.68 bits per heavy atom. The molecule has 0 spiro atoms. The molecule has 28 heavy (non-hydrogen) atoms. The van der Waals surface area contributed by atoms with Crippen molar-refractivity contribution in [2.24, 2.45) is 5.92 Å². The summed E-state index contributed by atoms with van der Waals surface area (Å²) in [5, 5.41) is 6.23. The third kappa shape index (κ3) is 3.96. The predicted molar refractivity (Wildman–Crippen MR) is 108 cm³/mol. The minimum Gasteiger partial charge on any atom is -0.340 e. The van der Waals surface area contributed by atoms with Crippen LogP contribution in [0.1, 0.15) is 49.8 Å². The number of carbonyl (C=O) groups excluding carboxylic acids is 1. The molecule has 4 rings (SSSR count). The Morgan fingerprint density at radius 1 is 1.21 bits per heavy atom. The van der Waals surface area contributed by atoms with Crippen LogP contribution >= 0.6 is 11.5 Å². The third-order valence-electron chi connectivity index (χ3n) is 6.57. The maximum absolute atomic E-state index is 13.4. The van der Waals surface area contributed by atoms with Crippen molar-refractivity contribution in [3.8, 4) is 0 Å². The molecule has 7 heteroatoms. The molecule has 2 aliphatic rings. The zero-order chi connectivity index (χ0) is 19.7. The van der Waals surface area contributed by atoms with Gasteiger partial charge < -0.3 is 4.90 Å². The van der Waals surface area contributed by atoms with Crippen LogP contribution in [0.2, 0.25) is 0 Å². The van der Waals surface area contributed by atoms with Crippen LogP contribution < -0.4 is 0 Å². The monoisotopic (exact) mass is 402 g/mol. The molecule has 0 saturated carbocycles. The van der Waals surface area contributed by atoms with Gasteiger partial charge in [-0.2, -0.15) is 0 Å². The van der Waals surface area contributed by atoms with Crippen LogP contribution in [0.25, 0.3) is 0 Å². The largest absolute Gasteiger partial charge is 0.340 e. The maximum atomic E-state index is 13.4. The smallest absolute Gasteiger partial charge is 0.236 e. The molecule has 1 aromatic heterocycles. The van der Waals surface area contributed by atoms with Gasteiger partial charge in [0.1, 0.15) is 5.82 Å². The fourth-order valence-electron chi connectivity index (χ4n) is 4.61. The van der Waals surface area contributed by atoms with Gasteiger partial charge in [0.15, 0.2) is 0 Å². The molecule has 2 fully saturated rings. The number of carbonyl (C=O) groups is 1. The van der Waals surface area contributed by atoms with Gasteiger partial charge in [0.25, 0.3) is 0 Å². The Balaban J connectivity index is 1.51. The van der Waals surface area contributed by atoms with Crippen molar-refractivity contribution in [2.75, 3.05) is 26.2 Å². The van der Waals surface area contributed by atoms with Gasteiger partial charge in [0.2, 0.25) is 5.91 Å². The van der Waals surface area contributed by atoms with Gasteiger partial charge in [-0.1, -0.05) is 23.5 Å². The van der Waals surface area contributed by atoms with Gasteiger partial charge in [-0.15, -0.1) is 5.10 Å². The lowest BCUT2D eigenvalue weighted by Crippen LogP contribution is -2.48. The summed E-state index contributed by atoms with van der Waals surface area (Å²) in [5.74, 6) is 0.784. The fourth-order valence-corrected chi connectivity index (χ4v) is 5.12. The first-order valence-electron chi connectivity index (χ1n) is 10.1. The lowest BCUT2D eigenvalue weighted by Gasteiger charge is -2.38. The van der Waals surface area contributed by atoms with E-state index in [0.29, 0.717) is 31.6 Å². The molecular weight excluding hydrogens is 375 g/mol. The molecule has 5 nitrogen and oxygen atoms in total. The highest BCUT2D eigenvalue weighted by Crippen LogP contribution is 2.39. The van der Waals surface area contributed by atoms with E-state index in [4.69, 9.17) is 0 Å². The molecule has 1 amide bonds. The molecule has 2 aliphatic heterocycles. The molecule has 0 unspecified atom stereocenters. The number of piperidine rings is 1. The minimum atomic E-state index is -0.241. The second-order valence-corrected chi connectivity index (χ2v) is 8.83. The van der Waals surface area contributed by atoms with Gasteiger partial charge in [-0.25, -0.2) is 4.39 Å². The van der Waals surface area contributed by atoms with E-state index in [9.17, 15) is 9.18 Å². The molecule has 3 heterocycles. The molecular formula is C21H27FN4OS. The van der Waals surface area contributed by atoms with Crippen molar-refractivity contribution in [1.82, 2.24) is 19.4 Å². The van der Waals surface area contributed by atoms with Crippen molar-refractivity contribution in [3.63, 3.8) is 0 Å². The normalized spacial score (nSPS) is 28.6. The molecule has 0 radical (unpaired) electrons. The molecule has 0 bridgehead atoms. The van der Waals surface area contributed by atoms with Crippen molar-refractivity contribution < 1.29 is 9.18 Å². The van der Waals surface area contributed by atoms with Gasteiger partial charge >= 0.3 is 0 Å². The standard InChI is InChI=1S/C21H27FN4OS/c1-14-4-3-9-25(15(14)2)12-21(27)26-10-18(16-5-7-17(22)8-6-16)19(11-26)20-13-28-24-23-20/h5-8,13-15,18-19H,3-4,9-12H2,1-2H3/t14-,15-,18+,19-/m1/s1. The number of aromatic nitrogens is 2. The van der Waals surface area contributed by atoms with E-state index in [2.05, 4.69) is 28.3 Å². The Bertz CT molecular complexity index is 797. The first-order valence-corrected chi connectivity index (χ1v) is 10.9. The van der Waals surface area contributed by atoms with E-state index >= 15 is 0 Å². The topological polar surface area (TPSA) is 49.3 Å². The molecule has 0 aliphatic carbocycles. The molecule has 2 aromatic rings. The number of likely N-dealkylation sites (tertiary alicyclic amines) is 2. The summed E-state index contributed by atoms with van der Waals surface area (Å²) in [6.07, 6.45) is 2.39. The fraction of sp³-hybridized carbons (Fsp3) is 0.571. The highest BCUT2D eigenvalue weighted by Gasteiger charge is 2.39. The first kappa shape index (κ1) is 19.5. The highest BCUT2D eigenvalue weighted by atomic mass is 32.1. The highest BCUT2D eigenvalue weighted by molar-refractivity contribution is 7.03. The third-order valence-corrected chi connectivity index (χ3v) is 7.09. The Morgan fingerprint density at radius 2 is 1.96 bits per heavy atom. The number of hydrogen-bond acceptors (Lipinski definition) is 5. The van der Waals surface area contributed by atoms with Crippen molar-refractivity contribution in [2.45, 2.75) is 44.6 Å². The maximum Gasteiger partial charge on any atom is 0.236 e. The van der Waals surface area contributed by atoms with Crippen LogP contribution in [0.4, 0.5) is 4.39 Å². The SMILES string of the molecule is C[C@@H]1CCCN(CC(=O)N2C[C@@H](c3ccc(F)cc3)[C@H](c3csnn3)C2)[C@@H]1C. The zero-order valence-electron chi connectivity index (χ0n) is 16.4. The number of amides is 1. The molecule has 150 valence electrons. The first-order chi connectivity index (χ1) is 13.5. The summed E-state index contributed by atoms with van der Waals surface area (Å²) in [6.45, 7) is 7.25. The second-order valence-electron chi connectivity index (χ2n) is 8.22. The average Bonchev–Trinajstić information content (AvgIpc) is 3.35. The summed E-state index contributed by atoms with van der Waals surface area (Å²) in [6, 6.07) is 7.08. The number of halogens is 1.